The van der Waals surface area contributed by atoms with Gasteiger partial charge in [0.1, 0.15) is 5.75 Å². The molecule has 80 valence electrons. The molecule has 2 rings (SSSR count). The Morgan fingerprint density at radius 2 is 1.62 bits per heavy atom. The topological polar surface area (TPSA) is 43.4 Å². The fraction of sp³-hybridized carbons (Fsp3) is 0.0769. The minimum Gasteiger partial charge on any atom is -0.495 e. The summed E-state index contributed by atoms with van der Waals surface area (Å²) in [5.41, 5.74) is 0.891. The molecule has 0 aliphatic rings. The molecule has 0 bridgehead atoms. The van der Waals surface area contributed by atoms with Crippen LogP contribution in [-0.4, -0.2) is 19.7 Å². The molecule has 0 aromatic heterocycles. The van der Waals surface area contributed by atoms with Crippen LogP contribution in [0.1, 0.15) is 20.7 Å². The van der Waals surface area contributed by atoms with Crippen LogP contribution in [0.25, 0.3) is 10.8 Å². The highest BCUT2D eigenvalue weighted by Gasteiger charge is 2.11. The lowest BCUT2D eigenvalue weighted by molar-refractivity contribution is 0.112. The average molecular weight is 214 g/mol. The first kappa shape index (κ1) is 10.4. The maximum atomic E-state index is 10.9. The van der Waals surface area contributed by atoms with Crippen molar-refractivity contribution in [3.63, 3.8) is 0 Å². The van der Waals surface area contributed by atoms with Gasteiger partial charge in [-0.05, 0) is 11.5 Å². The highest BCUT2D eigenvalue weighted by Crippen LogP contribution is 2.30. The minimum absolute atomic E-state index is 0.392. The number of benzene rings is 2. The third kappa shape index (κ3) is 1.46. The SMILES string of the molecule is COc1c(C=O)cc(C=O)c2ccccc12. The molecule has 0 saturated carbocycles. The molecular formula is C13H10O3. The zero-order chi connectivity index (χ0) is 11.5. The Bertz CT molecular complexity index is 558. The lowest BCUT2D eigenvalue weighted by atomic mass is 10.0. The second-order valence-corrected chi connectivity index (χ2v) is 3.37. The Morgan fingerprint density at radius 3 is 2.19 bits per heavy atom. The van der Waals surface area contributed by atoms with E-state index >= 15 is 0 Å². The largest absolute Gasteiger partial charge is 0.495 e. The number of carbonyl (C=O) groups is 2. The summed E-state index contributed by atoms with van der Waals surface area (Å²) in [4.78, 5) is 21.8. The number of ether oxygens (including phenoxy) is 1. The molecule has 0 atom stereocenters. The summed E-state index contributed by atoms with van der Waals surface area (Å²) in [6.45, 7) is 0. The first-order valence-corrected chi connectivity index (χ1v) is 4.82. The van der Waals surface area contributed by atoms with Gasteiger partial charge in [-0.1, -0.05) is 24.3 Å². The van der Waals surface area contributed by atoms with E-state index in [0.29, 0.717) is 23.2 Å². The second kappa shape index (κ2) is 4.14. The van der Waals surface area contributed by atoms with Crippen LogP contribution in [0.3, 0.4) is 0 Å². The van der Waals surface area contributed by atoms with E-state index in [1.165, 1.54) is 7.11 Å². The Kier molecular flexibility index (Phi) is 2.68. The van der Waals surface area contributed by atoms with E-state index in [1.807, 2.05) is 24.3 Å². The maximum absolute atomic E-state index is 10.9. The van der Waals surface area contributed by atoms with Gasteiger partial charge in [0.25, 0.3) is 0 Å². The Balaban J connectivity index is 2.93. The molecule has 3 nitrogen and oxygen atoms in total. The second-order valence-electron chi connectivity index (χ2n) is 3.37. The molecule has 0 saturated heterocycles. The Labute approximate surface area is 92.6 Å². The van der Waals surface area contributed by atoms with E-state index in [0.717, 1.165) is 17.1 Å². The molecule has 3 heteroatoms. The van der Waals surface area contributed by atoms with E-state index in [9.17, 15) is 9.59 Å². The quantitative estimate of drug-likeness (QED) is 0.737. The van der Waals surface area contributed by atoms with Crippen LogP contribution in [0.4, 0.5) is 0 Å². The highest BCUT2D eigenvalue weighted by molar-refractivity contribution is 6.05. The maximum Gasteiger partial charge on any atom is 0.153 e. The number of hydrogen-bond acceptors (Lipinski definition) is 3. The van der Waals surface area contributed by atoms with Crippen molar-refractivity contribution in [3.05, 3.63) is 41.5 Å². The fourth-order valence-electron chi connectivity index (χ4n) is 1.81. The Morgan fingerprint density at radius 1 is 1.00 bits per heavy atom. The predicted molar refractivity (Wildman–Crippen MR) is 61.3 cm³/mol. The Hall–Kier alpha value is -2.16. The summed E-state index contributed by atoms with van der Waals surface area (Å²) in [5.74, 6) is 0.510. The van der Waals surface area contributed by atoms with E-state index in [4.69, 9.17) is 4.74 Å². The molecule has 0 fully saturated rings. The molecule has 0 unspecified atom stereocenters. The van der Waals surface area contributed by atoms with Gasteiger partial charge in [-0.2, -0.15) is 0 Å². The molecule has 0 amide bonds. The lowest BCUT2D eigenvalue weighted by Crippen LogP contribution is -1.95. The predicted octanol–water partition coefficient (Wildman–Crippen LogP) is 2.47. The number of hydrogen-bond donors (Lipinski definition) is 0. The van der Waals surface area contributed by atoms with Gasteiger partial charge >= 0.3 is 0 Å². The first-order valence-electron chi connectivity index (χ1n) is 4.82. The zero-order valence-electron chi connectivity index (χ0n) is 8.77. The van der Waals surface area contributed by atoms with Gasteiger partial charge in [0.2, 0.25) is 0 Å². The van der Waals surface area contributed by atoms with E-state index in [1.54, 1.807) is 6.07 Å². The fourth-order valence-corrected chi connectivity index (χ4v) is 1.81. The number of carbonyl (C=O) groups excluding carboxylic acids is 2. The van der Waals surface area contributed by atoms with E-state index < -0.39 is 0 Å². The van der Waals surface area contributed by atoms with Gasteiger partial charge in [0, 0.05) is 10.9 Å². The van der Waals surface area contributed by atoms with Crippen molar-refractivity contribution in [2.45, 2.75) is 0 Å². The van der Waals surface area contributed by atoms with Gasteiger partial charge < -0.3 is 4.74 Å². The summed E-state index contributed by atoms with van der Waals surface area (Å²) >= 11 is 0. The molecule has 0 spiro atoms. The molecule has 0 heterocycles. The average Bonchev–Trinajstić information content (AvgIpc) is 2.36. The molecule has 16 heavy (non-hydrogen) atoms. The third-order valence-electron chi connectivity index (χ3n) is 2.51. The van der Waals surface area contributed by atoms with Crippen LogP contribution in [0.5, 0.6) is 5.75 Å². The van der Waals surface area contributed by atoms with Crippen molar-refractivity contribution in [1.82, 2.24) is 0 Å². The minimum atomic E-state index is 0.392. The molecule has 2 aromatic carbocycles. The zero-order valence-corrected chi connectivity index (χ0v) is 8.77. The van der Waals surface area contributed by atoms with Crippen molar-refractivity contribution in [2.24, 2.45) is 0 Å². The van der Waals surface area contributed by atoms with E-state index in [2.05, 4.69) is 0 Å². The summed E-state index contributed by atoms with van der Waals surface area (Å²) in [7, 11) is 1.51. The van der Waals surface area contributed by atoms with Crippen LogP contribution < -0.4 is 4.74 Å². The summed E-state index contributed by atoms with van der Waals surface area (Å²) in [6.07, 6.45) is 1.44. The van der Waals surface area contributed by atoms with Crippen molar-refractivity contribution >= 4 is 23.3 Å². The summed E-state index contributed by atoms with van der Waals surface area (Å²) < 4.78 is 5.20. The summed E-state index contributed by atoms with van der Waals surface area (Å²) in [6, 6.07) is 8.88. The van der Waals surface area contributed by atoms with E-state index in [-0.39, 0.29) is 0 Å². The van der Waals surface area contributed by atoms with Crippen LogP contribution >= 0.6 is 0 Å². The number of fused-ring (bicyclic) bond motifs is 1. The van der Waals surface area contributed by atoms with Gasteiger partial charge in [-0.3, -0.25) is 9.59 Å². The normalized spacial score (nSPS) is 10.1. The van der Waals surface area contributed by atoms with Crippen molar-refractivity contribution in [2.75, 3.05) is 7.11 Å². The highest BCUT2D eigenvalue weighted by atomic mass is 16.5. The van der Waals surface area contributed by atoms with Crippen LogP contribution in [0, 0.1) is 0 Å². The standard InChI is InChI=1S/C13H10O3/c1-16-13-10(8-15)6-9(7-14)11-4-2-3-5-12(11)13/h2-8H,1H3. The van der Waals surface area contributed by atoms with Crippen molar-refractivity contribution < 1.29 is 14.3 Å². The first-order chi connectivity index (χ1) is 7.81. The van der Waals surface area contributed by atoms with Gasteiger partial charge in [0.15, 0.2) is 12.6 Å². The van der Waals surface area contributed by atoms with Crippen LogP contribution in [0.15, 0.2) is 30.3 Å². The molecule has 2 aromatic rings. The van der Waals surface area contributed by atoms with Crippen LogP contribution in [0.2, 0.25) is 0 Å². The van der Waals surface area contributed by atoms with Gasteiger partial charge in [-0.15, -0.1) is 0 Å². The van der Waals surface area contributed by atoms with Gasteiger partial charge in [0.05, 0.1) is 12.7 Å². The number of rotatable bonds is 3. The molecule has 0 aliphatic heterocycles. The smallest absolute Gasteiger partial charge is 0.153 e. The monoisotopic (exact) mass is 214 g/mol. The molecule has 0 aliphatic carbocycles. The van der Waals surface area contributed by atoms with Gasteiger partial charge in [-0.25, -0.2) is 0 Å². The van der Waals surface area contributed by atoms with Crippen molar-refractivity contribution in [3.8, 4) is 5.75 Å². The summed E-state index contributed by atoms with van der Waals surface area (Å²) in [5, 5.41) is 1.57. The molecular weight excluding hydrogens is 204 g/mol. The van der Waals surface area contributed by atoms with Crippen LogP contribution in [-0.2, 0) is 0 Å². The third-order valence-corrected chi connectivity index (χ3v) is 2.51. The lowest BCUT2D eigenvalue weighted by Gasteiger charge is -2.09. The molecule has 0 radical (unpaired) electrons. The van der Waals surface area contributed by atoms with Crippen molar-refractivity contribution in [1.29, 1.82) is 0 Å². The number of aldehydes is 2. The molecule has 0 N–H and O–H groups in total. The number of methoxy groups -OCH3 is 1.